The standard InChI is InChI=1S/C19H12ClFN6O2/c20-13-9-12(6-7-14(13)21)25-18-17(27(28)29)19(24-10-23-18)26-15-5-1-3-11-4-2-8-22-16(11)15/h1-10H,(H2,23,24,25,26). The third-order valence-electron chi connectivity index (χ3n) is 4.07. The van der Waals surface area contributed by atoms with Crippen molar-refractivity contribution in [1.82, 2.24) is 15.0 Å². The zero-order valence-electron chi connectivity index (χ0n) is 14.6. The van der Waals surface area contributed by atoms with E-state index in [1.807, 2.05) is 12.1 Å². The van der Waals surface area contributed by atoms with Gasteiger partial charge in [0.05, 0.1) is 21.2 Å². The minimum absolute atomic E-state index is 0.0149. The maximum Gasteiger partial charge on any atom is 0.353 e. The Labute approximate surface area is 168 Å². The zero-order chi connectivity index (χ0) is 20.4. The molecule has 0 aliphatic rings. The molecular formula is C19H12ClFN6O2. The highest BCUT2D eigenvalue weighted by atomic mass is 35.5. The van der Waals surface area contributed by atoms with Crippen molar-refractivity contribution in [3.8, 4) is 0 Å². The molecule has 0 aliphatic carbocycles. The molecule has 0 atom stereocenters. The van der Waals surface area contributed by atoms with Gasteiger partial charge in [-0.15, -0.1) is 0 Å². The van der Waals surface area contributed by atoms with Gasteiger partial charge in [-0.2, -0.15) is 0 Å². The number of aromatic nitrogens is 3. The van der Waals surface area contributed by atoms with Crippen molar-refractivity contribution in [3.63, 3.8) is 0 Å². The van der Waals surface area contributed by atoms with Gasteiger partial charge in [0.2, 0.25) is 11.6 Å². The molecule has 0 radical (unpaired) electrons. The van der Waals surface area contributed by atoms with E-state index in [1.165, 1.54) is 18.5 Å². The lowest BCUT2D eigenvalue weighted by molar-refractivity contribution is -0.383. The van der Waals surface area contributed by atoms with Gasteiger partial charge in [-0.3, -0.25) is 15.1 Å². The lowest BCUT2D eigenvalue weighted by Gasteiger charge is -2.11. The maximum absolute atomic E-state index is 13.4. The van der Waals surface area contributed by atoms with Gasteiger partial charge < -0.3 is 10.6 Å². The van der Waals surface area contributed by atoms with Crippen LogP contribution >= 0.6 is 11.6 Å². The van der Waals surface area contributed by atoms with Crippen LogP contribution in [0.25, 0.3) is 10.9 Å². The minimum atomic E-state index is -0.603. The summed E-state index contributed by atoms with van der Waals surface area (Å²) in [6.45, 7) is 0. The Morgan fingerprint density at radius 2 is 1.76 bits per heavy atom. The molecule has 0 unspecified atom stereocenters. The molecule has 0 saturated carbocycles. The number of fused-ring (bicyclic) bond motifs is 1. The van der Waals surface area contributed by atoms with E-state index in [4.69, 9.17) is 11.6 Å². The number of nitro groups is 1. The van der Waals surface area contributed by atoms with Gasteiger partial charge >= 0.3 is 5.69 Å². The Morgan fingerprint density at radius 1 is 1.00 bits per heavy atom. The quantitative estimate of drug-likeness (QED) is 0.343. The van der Waals surface area contributed by atoms with Crippen LogP contribution in [0.15, 0.2) is 61.1 Å². The first kappa shape index (κ1) is 18.5. The molecule has 0 fully saturated rings. The van der Waals surface area contributed by atoms with Crippen molar-refractivity contribution in [1.29, 1.82) is 0 Å². The lowest BCUT2D eigenvalue weighted by Crippen LogP contribution is -2.06. The number of hydrogen-bond donors (Lipinski definition) is 2. The van der Waals surface area contributed by atoms with Gasteiger partial charge in [-0.25, -0.2) is 14.4 Å². The summed E-state index contributed by atoms with van der Waals surface area (Å²) in [6.07, 6.45) is 2.81. The first-order chi connectivity index (χ1) is 14.0. The summed E-state index contributed by atoms with van der Waals surface area (Å²) in [6, 6.07) is 13.0. The molecule has 10 heteroatoms. The third kappa shape index (κ3) is 3.76. The highest BCUT2D eigenvalue weighted by Crippen LogP contribution is 2.34. The first-order valence-electron chi connectivity index (χ1n) is 8.35. The van der Waals surface area contributed by atoms with Crippen LogP contribution in [-0.2, 0) is 0 Å². The molecule has 0 saturated heterocycles. The second kappa shape index (κ2) is 7.64. The largest absolute Gasteiger partial charge is 0.353 e. The Bertz CT molecular complexity index is 1230. The normalized spacial score (nSPS) is 10.7. The minimum Gasteiger partial charge on any atom is -0.334 e. The van der Waals surface area contributed by atoms with E-state index in [0.29, 0.717) is 16.9 Å². The molecule has 2 aromatic carbocycles. The number of rotatable bonds is 5. The van der Waals surface area contributed by atoms with E-state index in [2.05, 4.69) is 25.6 Å². The Balaban J connectivity index is 1.75. The fourth-order valence-corrected chi connectivity index (χ4v) is 2.96. The van der Waals surface area contributed by atoms with Gasteiger partial charge in [0.25, 0.3) is 0 Å². The van der Waals surface area contributed by atoms with Crippen LogP contribution in [0.4, 0.5) is 33.1 Å². The van der Waals surface area contributed by atoms with Crippen molar-refractivity contribution in [3.05, 3.63) is 82.0 Å². The Morgan fingerprint density at radius 3 is 2.52 bits per heavy atom. The highest BCUT2D eigenvalue weighted by Gasteiger charge is 2.24. The molecule has 2 heterocycles. The molecule has 0 spiro atoms. The van der Waals surface area contributed by atoms with Crippen molar-refractivity contribution in [2.45, 2.75) is 0 Å². The van der Waals surface area contributed by atoms with Gasteiger partial charge in [0.15, 0.2) is 0 Å². The number of benzene rings is 2. The van der Waals surface area contributed by atoms with E-state index < -0.39 is 10.7 Å². The van der Waals surface area contributed by atoms with Crippen molar-refractivity contribution < 1.29 is 9.31 Å². The average molecular weight is 411 g/mol. The van der Waals surface area contributed by atoms with E-state index in [1.54, 1.807) is 24.4 Å². The fourth-order valence-electron chi connectivity index (χ4n) is 2.78. The van der Waals surface area contributed by atoms with Gasteiger partial charge in [0.1, 0.15) is 12.1 Å². The summed E-state index contributed by atoms with van der Waals surface area (Å²) in [5, 5.41) is 18.2. The summed E-state index contributed by atoms with van der Waals surface area (Å²) in [5.41, 5.74) is 1.17. The van der Waals surface area contributed by atoms with Crippen LogP contribution in [0.2, 0.25) is 5.02 Å². The molecule has 144 valence electrons. The predicted molar refractivity (Wildman–Crippen MR) is 108 cm³/mol. The van der Waals surface area contributed by atoms with E-state index in [9.17, 15) is 14.5 Å². The monoisotopic (exact) mass is 410 g/mol. The molecule has 2 aromatic heterocycles. The van der Waals surface area contributed by atoms with Gasteiger partial charge in [-0.05, 0) is 30.3 Å². The number of hydrogen-bond acceptors (Lipinski definition) is 7. The third-order valence-corrected chi connectivity index (χ3v) is 4.36. The molecule has 29 heavy (non-hydrogen) atoms. The summed E-state index contributed by atoms with van der Waals surface area (Å²) >= 11 is 5.78. The van der Waals surface area contributed by atoms with Crippen LogP contribution < -0.4 is 10.6 Å². The van der Waals surface area contributed by atoms with E-state index in [0.717, 1.165) is 11.5 Å². The second-order valence-corrected chi connectivity index (χ2v) is 6.34. The lowest BCUT2D eigenvalue weighted by atomic mass is 10.2. The predicted octanol–water partition coefficient (Wildman–Crippen LogP) is 5.21. The molecule has 4 aromatic rings. The second-order valence-electron chi connectivity index (χ2n) is 5.94. The Kier molecular flexibility index (Phi) is 4.88. The van der Waals surface area contributed by atoms with E-state index in [-0.39, 0.29) is 22.3 Å². The first-order valence-corrected chi connectivity index (χ1v) is 8.73. The maximum atomic E-state index is 13.4. The summed E-state index contributed by atoms with van der Waals surface area (Å²) < 4.78 is 13.4. The summed E-state index contributed by atoms with van der Waals surface area (Å²) in [5.74, 6) is -0.678. The highest BCUT2D eigenvalue weighted by molar-refractivity contribution is 6.31. The molecule has 8 nitrogen and oxygen atoms in total. The molecule has 0 bridgehead atoms. The molecule has 4 rings (SSSR count). The number of pyridine rings is 1. The number of nitrogens with one attached hydrogen (secondary N) is 2. The van der Waals surface area contributed by atoms with Crippen molar-refractivity contribution in [2.24, 2.45) is 0 Å². The van der Waals surface area contributed by atoms with Crippen LogP contribution in [0.1, 0.15) is 0 Å². The summed E-state index contributed by atoms with van der Waals surface area (Å²) in [7, 11) is 0. The van der Waals surface area contributed by atoms with Crippen molar-refractivity contribution >= 4 is 51.2 Å². The van der Waals surface area contributed by atoms with Crippen LogP contribution in [-0.4, -0.2) is 19.9 Å². The van der Waals surface area contributed by atoms with E-state index >= 15 is 0 Å². The summed E-state index contributed by atoms with van der Waals surface area (Å²) in [4.78, 5) is 23.4. The molecular weight excluding hydrogens is 399 g/mol. The number of para-hydroxylation sites is 1. The number of halogens is 2. The van der Waals surface area contributed by atoms with Crippen molar-refractivity contribution in [2.75, 3.05) is 10.6 Å². The zero-order valence-corrected chi connectivity index (χ0v) is 15.4. The Hall–Kier alpha value is -3.85. The number of nitrogens with zero attached hydrogens (tertiary/aromatic N) is 4. The topological polar surface area (TPSA) is 106 Å². The SMILES string of the molecule is O=[N+]([O-])c1c(Nc2ccc(F)c(Cl)c2)ncnc1Nc1cccc2cccnc12. The fraction of sp³-hybridized carbons (Fsp3) is 0. The van der Waals surface area contributed by atoms with Gasteiger partial charge in [-0.1, -0.05) is 29.8 Å². The molecule has 2 N–H and O–H groups in total. The van der Waals surface area contributed by atoms with Gasteiger partial charge in [0, 0.05) is 17.3 Å². The number of anilines is 4. The smallest absolute Gasteiger partial charge is 0.334 e. The van der Waals surface area contributed by atoms with Crippen LogP contribution in [0.5, 0.6) is 0 Å². The average Bonchev–Trinajstić information content (AvgIpc) is 2.71. The molecule has 0 amide bonds. The van der Waals surface area contributed by atoms with Crippen LogP contribution in [0.3, 0.4) is 0 Å². The van der Waals surface area contributed by atoms with Crippen LogP contribution in [0, 0.1) is 15.9 Å². The molecule has 0 aliphatic heterocycles.